The van der Waals surface area contributed by atoms with Crippen LogP contribution in [0.3, 0.4) is 0 Å². The largest absolute Gasteiger partial charge is 0.493 e. The fraction of sp³-hybridized carbons (Fsp3) is 0.571. The number of nitrogens with two attached hydrogens (primary N) is 1. The van der Waals surface area contributed by atoms with Crippen LogP contribution in [0, 0.1) is 5.92 Å². The van der Waals surface area contributed by atoms with Gasteiger partial charge in [-0.15, -0.1) is 0 Å². The van der Waals surface area contributed by atoms with E-state index in [1.165, 1.54) is 0 Å². The summed E-state index contributed by atoms with van der Waals surface area (Å²) in [6, 6.07) is 7.28. The van der Waals surface area contributed by atoms with Crippen molar-refractivity contribution in [3.63, 3.8) is 0 Å². The average Bonchev–Trinajstić information content (AvgIpc) is 2.35. The summed E-state index contributed by atoms with van der Waals surface area (Å²) in [6.45, 7) is 6.74. The van der Waals surface area contributed by atoms with Crippen LogP contribution in [0.25, 0.3) is 0 Å². The van der Waals surface area contributed by atoms with Crippen LogP contribution in [-0.4, -0.2) is 17.8 Å². The molecule has 0 heterocycles. The van der Waals surface area contributed by atoms with Gasteiger partial charge in [-0.2, -0.15) is 0 Å². The molecule has 0 fully saturated rings. The van der Waals surface area contributed by atoms with Crippen LogP contribution in [0.2, 0.25) is 0 Å². The number of benzene rings is 1. The number of rotatable bonds is 6. The summed E-state index contributed by atoms with van der Waals surface area (Å²) in [6.07, 6.45) is 0.576. The molecular formula is C14H23NO2. The van der Waals surface area contributed by atoms with E-state index >= 15 is 0 Å². The molecule has 0 amide bonds. The van der Waals surface area contributed by atoms with E-state index in [9.17, 15) is 5.11 Å². The topological polar surface area (TPSA) is 55.5 Å². The summed E-state index contributed by atoms with van der Waals surface area (Å²) in [5.74, 6) is 1.42. The molecule has 1 aromatic rings. The maximum absolute atomic E-state index is 9.40. The molecule has 0 aliphatic carbocycles. The van der Waals surface area contributed by atoms with Crippen molar-refractivity contribution in [2.24, 2.45) is 11.7 Å². The SMILES string of the molecule is CC[C@H](C)COc1ccc([C@@H](N)[C@@H](C)O)cc1. The van der Waals surface area contributed by atoms with Gasteiger partial charge in [0.05, 0.1) is 18.8 Å². The monoisotopic (exact) mass is 237 g/mol. The van der Waals surface area contributed by atoms with Gasteiger partial charge >= 0.3 is 0 Å². The third kappa shape index (κ3) is 4.36. The summed E-state index contributed by atoms with van der Waals surface area (Å²) in [4.78, 5) is 0. The average molecular weight is 237 g/mol. The molecule has 3 atom stereocenters. The second kappa shape index (κ2) is 6.62. The Bertz CT molecular complexity index is 321. The van der Waals surface area contributed by atoms with Crippen molar-refractivity contribution in [1.82, 2.24) is 0 Å². The quantitative estimate of drug-likeness (QED) is 0.799. The second-order valence-corrected chi connectivity index (χ2v) is 4.66. The Kier molecular flexibility index (Phi) is 5.45. The number of ether oxygens (including phenoxy) is 1. The van der Waals surface area contributed by atoms with E-state index in [4.69, 9.17) is 10.5 Å². The lowest BCUT2D eigenvalue weighted by atomic mass is 10.0. The minimum atomic E-state index is -0.540. The van der Waals surface area contributed by atoms with Gasteiger partial charge in [-0.05, 0) is 30.5 Å². The molecule has 96 valence electrons. The Hall–Kier alpha value is -1.06. The molecule has 1 aromatic carbocycles. The first-order valence-corrected chi connectivity index (χ1v) is 6.21. The van der Waals surface area contributed by atoms with Gasteiger partial charge in [0.1, 0.15) is 5.75 Å². The van der Waals surface area contributed by atoms with Crippen molar-refractivity contribution in [3.8, 4) is 5.75 Å². The fourth-order valence-electron chi connectivity index (χ4n) is 1.42. The Morgan fingerprint density at radius 3 is 2.29 bits per heavy atom. The molecule has 0 unspecified atom stereocenters. The van der Waals surface area contributed by atoms with Gasteiger partial charge in [-0.1, -0.05) is 32.4 Å². The molecule has 0 aliphatic rings. The van der Waals surface area contributed by atoms with Crippen LogP contribution in [-0.2, 0) is 0 Å². The van der Waals surface area contributed by atoms with E-state index in [-0.39, 0.29) is 6.04 Å². The lowest BCUT2D eigenvalue weighted by Crippen LogP contribution is -2.22. The molecule has 3 N–H and O–H groups in total. The van der Waals surface area contributed by atoms with Crippen LogP contribution in [0.15, 0.2) is 24.3 Å². The molecule has 0 bridgehead atoms. The van der Waals surface area contributed by atoms with Crippen molar-refractivity contribution < 1.29 is 9.84 Å². The Balaban J connectivity index is 2.56. The summed E-state index contributed by atoms with van der Waals surface area (Å²) in [5, 5.41) is 9.40. The Morgan fingerprint density at radius 2 is 1.82 bits per heavy atom. The second-order valence-electron chi connectivity index (χ2n) is 4.66. The van der Waals surface area contributed by atoms with Crippen molar-refractivity contribution in [3.05, 3.63) is 29.8 Å². The third-order valence-electron chi connectivity index (χ3n) is 3.02. The molecule has 3 heteroatoms. The Morgan fingerprint density at radius 1 is 1.24 bits per heavy atom. The first kappa shape index (κ1) is 14.0. The van der Waals surface area contributed by atoms with E-state index in [1.54, 1.807) is 6.92 Å². The minimum Gasteiger partial charge on any atom is -0.493 e. The highest BCUT2D eigenvalue weighted by atomic mass is 16.5. The lowest BCUT2D eigenvalue weighted by molar-refractivity contribution is 0.164. The van der Waals surface area contributed by atoms with Crippen molar-refractivity contribution >= 4 is 0 Å². The smallest absolute Gasteiger partial charge is 0.119 e. The highest BCUT2D eigenvalue weighted by Gasteiger charge is 2.11. The highest BCUT2D eigenvalue weighted by molar-refractivity contribution is 5.29. The van der Waals surface area contributed by atoms with Crippen molar-refractivity contribution in [2.75, 3.05) is 6.61 Å². The van der Waals surface area contributed by atoms with Crippen LogP contribution in [0.1, 0.15) is 38.8 Å². The van der Waals surface area contributed by atoms with E-state index in [1.807, 2.05) is 24.3 Å². The number of aliphatic hydroxyl groups excluding tert-OH is 1. The highest BCUT2D eigenvalue weighted by Crippen LogP contribution is 2.19. The lowest BCUT2D eigenvalue weighted by Gasteiger charge is -2.16. The molecular weight excluding hydrogens is 214 g/mol. The zero-order chi connectivity index (χ0) is 12.8. The molecule has 0 aromatic heterocycles. The molecule has 0 radical (unpaired) electrons. The van der Waals surface area contributed by atoms with E-state index in [2.05, 4.69) is 13.8 Å². The van der Waals surface area contributed by atoms with Gasteiger partial charge in [0.25, 0.3) is 0 Å². The summed E-state index contributed by atoms with van der Waals surface area (Å²) in [5.41, 5.74) is 6.77. The Labute approximate surface area is 104 Å². The molecule has 17 heavy (non-hydrogen) atoms. The zero-order valence-electron chi connectivity index (χ0n) is 10.9. The van der Waals surface area contributed by atoms with E-state index in [0.717, 1.165) is 24.3 Å². The van der Waals surface area contributed by atoms with Crippen molar-refractivity contribution in [1.29, 1.82) is 0 Å². The maximum Gasteiger partial charge on any atom is 0.119 e. The zero-order valence-corrected chi connectivity index (χ0v) is 10.9. The molecule has 0 saturated carbocycles. The number of aliphatic hydroxyl groups is 1. The van der Waals surface area contributed by atoms with Crippen LogP contribution < -0.4 is 10.5 Å². The van der Waals surface area contributed by atoms with Crippen LogP contribution in [0.4, 0.5) is 0 Å². The first-order chi connectivity index (χ1) is 8.04. The number of hydrogen-bond acceptors (Lipinski definition) is 3. The van der Waals surface area contributed by atoms with E-state index in [0.29, 0.717) is 5.92 Å². The molecule has 0 aliphatic heterocycles. The maximum atomic E-state index is 9.40. The van der Waals surface area contributed by atoms with Gasteiger partial charge in [0.15, 0.2) is 0 Å². The van der Waals surface area contributed by atoms with E-state index < -0.39 is 6.10 Å². The first-order valence-electron chi connectivity index (χ1n) is 6.21. The van der Waals surface area contributed by atoms with Crippen LogP contribution in [0.5, 0.6) is 5.75 Å². The molecule has 0 spiro atoms. The normalized spacial score (nSPS) is 16.3. The summed E-state index contributed by atoms with van der Waals surface area (Å²) in [7, 11) is 0. The van der Waals surface area contributed by atoms with Gasteiger partial charge in [-0.3, -0.25) is 0 Å². The number of hydrogen-bond donors (Lipinski definition) is 2. The minimum absolute atomic E-state index is 0.335. The standard InChI is InChI=1S/C14H23NO2/c1-4-10(2)9-17-13-7-5-12(6-8-13)14(15)11(3)16/h5-8,10-11,14,16H,4,9,15H2,1-3H3/t10-,11+,14-/m0/s1. The fourth-order valence-corrected chi connectivity index (χ4v) is 1.42. The summed E-state index contributed by atoms with van der Waals surface area (Å²) < 4.78 is 5.65. The third-order valence-corrected chi connectivity index (χ3v) is 3.02. The molecule has 0 saturated heterocycles. The molecule has 1 rings (SSSR count). The van der Waals surface area contributed by atoms with Gasteiger partial charge in [0, 0.05) is 0 Å². The van der Waals surface area contributed by atoms with Crippen molar-refractivity contribution in [2.45, 2.75) is 39.3 Å². The molecule has 3 nitrogen and oxygen atoms in total. The predicted molar refractivity (Wildman–Crippen MR) is 70.0 cm³/mol. The van der Waals surface area contributed by atoms with Crippen LogP contribution >= 0.6 is 0 Å². The summed E-state index contributed by atoms with van der Waals surface area (Å²) >= 11 is 0. The van der Waals surface area contributed by atoms with Gasteiger partial charge in [0.2, 0.25) is 0 Å². The van der Waals surface area contributed by atoms with Gasteiger partial charge in [-0.25, -0.2) is 0 Å². The predicted octanol–water partition coefficient (Wildman–Crippen LogP) is 2.49. The van der Waals surface area contributed by atoms with Gasteiger partial charge < -0.3 is 15.6 Å².